The van der Waals surface area contributed by atoms with Crippen molar-refractivity contribution in [3.8, 4) is 0 Å². The zero-order valence-electron chi connectivity index (χ0n) is 15.2. The molecule has 186 valence electrons. The Balaban J connectivity index is 2.59. The maximum absolute atomic E-state index is 13.5. The van der Waals surface area contributed by atoms with Crippen LogP contribution < -0.4 is 0 Å². The molecule has 0 amide bonds. The normalized spacial score (nSPS) is 22.3. The minimum absolute atomic E-state index is 0.578. The molecular formula is C14H15F13O4. The quantitative estimate of drug-likeness (QED) is 0.292. The molecule has 1 aliphatic heterocycles. The molecule has 0 aliphatic carbocycles. The zero-order valence-corrected chi connectivity index (χ0v) is 15.2. The van der Waals surface area contributed by atoms with Crippen LogP contribution in [-0.4, -0.2) is 68.4 Å². The largest absolute Gasteiger partial charge is 0.411 e. The molecule has 31 heavy (non-hydrogen) atoms. The van der Waals surface area contributed by atoms with E-state index in [2.05, 4.69) is 18.9 Å². The second-order valence-electron chi connectivity index (χ2n) is 6.40. The zero-order chi connectivity index (χ0) is 24.5. The lowest BCUT2D eigenvalue weighted by atomic mass is 9.93. The van der Waals surface area contributed by atoms with Crippen LogP contribution in [0.3, 0.4) is 0 Å². The summed E-state index contributed by atoms with van der Waals surface area (Å²) in [5.41, 5.74) is 0. The first-order valence-corrected chi connectivity index (χ1v) is 8.12. The molecule has 1 heterocycles. The minimum Gasteiger partial charge on any atom is -0.350 e. The van der Waals surface area contributed by atoms with Gasteiger partial charge in [-0.25, -0.2) is 0 Å². The lowest BCUT2D eigenvalue weighted by Gasteiger charge is -2.38. The SMILES string of the molecule is CC(F)(F)C(F)(F)C(F)(F)C(F)(F)C(F)(F)CCCOC1COC(OCC(F)(F)F)O1. The summed E-state index contributed by atoms with van der Waals surface area (Å²) in [6, 6.07) is 0. The molecule has 1 aliphatic rings. The van der Waals surface area contributed by atoms with Gasteiger partial charge in [0, 0.05) is 13.3 Å². The van der Waals surface area contributed by atoms with Crippen LogP contribution in [0.25, 0.3) is 0 Å². The summed E-state index contributed by atoms with van der Waals surface area (Å²) in [7, 11) is 0. The second kappa shape index (κ2) is 9.05. The van der Waals surface area contributed by atoms with Crippen molar-refractivity contribution >= 4 is 0 Å². The molecule has 0 radical (unpaired) electrons. The van der Waals surface area contributed by atoms with Crippen LogP contribution >= 0.6 is 0 Å². The Morgan fingerprint density at radius 1 is 0.774 bits per heavy atom. The summed E-state index contributed by atoms with van der Waals surface area (Å²) in [5.74, 6) is -32.4. The molecule has 1 rings (SSSR count). The molecule has 0 aromatic rings. The first kappa shape index (κ1) is 28.0. The van der Waals surface area contributed by atoms with E-state index in [9.17, 15) is 57.1 Å². The highest BCUT2D eigenvalue weighted by atomic mass is 19.4. The van der Waals surface area contributed by atoms with Crippen LogP contribution in [0, 0.1) is 0 Å². The van der Waals surface area contributed by atoms with Crippen molar-refractivity contribution in [1.29, 1.82) is 0 Å². The van der Waals surface area contributed by atoms with Gasteiger partial charge in [-0.15, -0.1) is 0 Å². The maximum atomic E-state index is 13.5. The van der Waals surface area contributed by atoms with Crippen LogP contribution in [0.15, 0.2) is 0 Å². The molecule has 0 aromatic heterocycles. The Bertz CT molecular complexity index is 588. The fourth-order valence-corrected chi connectivity index (χ4v) is 2.07. The van der Waals surface area contributed by atoms with Crippen molar-refractivity contribution in [3.05, 3.63) is 0 Å². The number of hydrogen-bond acceptors (Lipinski definition) is 4. The van der Waals surface area contributed by atoms with Gasteiger partial charge < -0.3 is 14.2 Å². The second-order valence-corrected chi connectivity index (χ2v) is 6.40. The van der Waals surface area contributed by atoms with Crippen molar-refractivity contribution in [1.82, 2.24) is 0 Å². The van der Waals surface area contributed by atoms with Gasteiger partial charge in [0.2, 0.25) is 0 Å². The minimum atomic E-state index is -7.12. The Morgan fingerprint density at radius 3 is 1.81 bits per heavy atom. The summed E-state index contributed by atoms with van der Waals surface area (Å²) in [6.07, 6.45) is -9.61. The van der Waals surface area contributed by atoms with Crippen molar-refractivity contribution in [2.45, 2.75) is 68.3 Å². The fraction of sp³-hybridized carbons (Fsp3) is 1.00. The Hall–Kier alpha value is -1.07. The maximum Gasteiger partial charge on any atom is 0.411 e. The van der Waals surface area contributed by atoms with Gasteiger partial charge >= 0.3 is 35.8 Å². The summed E-state index contributed by atoms with van der Waals surface area (Å²) in [4.78, 5) is 0. The van der Waals surface area contributed by atoms with Crippen molar-refractivity contribution in [2.24, 2.45) is 0 Å². The van der Waals surface area contributed by atoms with E-state index in [1.54, 1.807) is 0 Å². The Morgan fingerprint density at radius 2 is 1.32 bits per heavy atom. The van der Waals surface area contributed by atoms with Crippen LogP contribution in [-0.2, 0) is 18.9 Å². The molecular weight excluding hydrogens is 479 g/mol. The lowest BCUT2D eigenvalue weighted by Crippen LogP contribution is -2.66. The molecule has 2 unspecified atom stereocenters. The number of ether oxygens (including phenoxy) is 4. The molecule has 1 saturated heterocycles. The molecule has 2 atom stereocenters. The fourth-order valence-electron chi connectivity index (χ4n) is 2.07. The first-order chi connectivity index (χ1) is 13.7. The molecule has 4 nitrogen and oxygen atoms in total. The van der Waals surface area contributed by atoms with E-state index < -0.39 is 88.1 Å². The average molecular weight is 494 g/mol. The topological polar surface area (TPSA) is 36.9 Å². The molecule has 0 spiro atoms. The summed E-state index contributed by atoms with van der Waals surface area (Å²) in [6.45, 7) is -5.99. The van der Waals surface area contributed by atoms with Gasteiger partial charge in [0.25, 0.3) is 6.48 Å². The van der Waals surface area contributed by atoms with Crippen LogP contribution in [0.4, 0.5) is 57.1 Å². The predicted molar refractivity (Wildman–Crippen MR) is 72.2 cm³/mol. The van der Waals surface area contributed by atoms with Crippen LogP contribution in [0.1, 0.15) is 19.8 Å². The van der Waals surface area contributed by atoms with E-state index in [4.69, 9.17) is 0 Å². The molecule has 1 fully saturated rings. The molecule has 0 N–H and O–H groups in total. The lowest BCUT2D eigenvalue weighted by molar-refractivity contribution is -0.399. The van der Waals surface area contributed by atoms with Crippen LogP contribution in [0.2, 0.25) is 0 Å². The number of halogens is 13. The van der Waals surface area contributed by atoms with E-state index in [1.165, 1.54) is 0 Å². The van der Waals surface area contributed by atoms with E-state index in [-0.39, 0.29) is 0 Å². The molecule has 0 bridgehead atoms. The Kier molecular flexibility index (Phi) is 8.17. The first-order valence-electron chi connectivity index (χ1n) is 8.12. The van der Waals surface area contributed by atoms with Gasteiger partial charge in [-0.1, -0.05) is 0 Å². The summed E-state index contributed by atoms with van der Waals surface area (Å²) in [5, 5.41) is 0. The highest BCUT2D eigenvalue weighted by molar-refractivity contribution is 5.07. The van der Waals surface area contributed by atoms with E-state index >= 15 is 0 Å². The Labute approximate surface area is 165 Å². The van der Waals surface area contributed by atoms with Gasteiger partial charge in [-0.3, -0.25) is 4.74 Å². The van der Waals surface area contributed by atoms with Crippen molar-refractivity contribution in [3.63, 3.8) is 0 Å². The third-order valence-corrected chi connectivity index (χ3v) is 3.75. The van der Waals surface area contributed by atoms with Crippen molar-refractivity contribution in [2.75, 3.05) is 19.8 Å². The predicted octanol–water partition coefficient (Wildman–Crippen LogP) is 5.22. The van der Waals surface area contributed by atoms with Gasteiger partial charge in [-0.2, -0.15) is 57.1 Å². The average Bonchev–Trinajstić information content (AvgIpc) is 3.02. The van der Waals surface area contributed by atoms with E-state index in [0.29, 0.717) is 0 Å². The molecule has 0 aromatic carbocycles. The molecule has 17 heteroatoms. The monoisotopic (exact) mass is 494 g/mol. The van der Waals surface area contributed by atoms with Crippen LogP contribution in [0.5, 0.6) is 0 Å². The number of rotatable bonds is 11. The highest BCUT2D eigenvalue weighted by Crippen LogP contribution is 2.57. The number of alkyl halides is 13. The van der Waals surface area contributed by atoms with Gasteiger partial charge in [0.05, 0.1) is 6.61 Å². The van der Waals surface area contributed by atoms with Gasteiger partial charge in [0.15, 0.2) is 6.29 Å². The number of hydrogen-bond donors (Lipinski definition) is 0. The molecule has 0 saturated carbocycles. The standard InChI is InChI=1S/C14H15F13O4/c1-9(15,16)12(22,23)14(26,27)13(24,25)10(17,18)3-2-4-28-7-5-29-8(31-7)30-6-11(19,20)21/h7-8H,2-6H2,1H3. The van der Waals surface area contributed by atoms with Gasteiger partial charge in [-0.05, 0) is 6.42 Å². The highest BCUT2D eigenvalue weighted by Gasteiger charge is 2.84. The van der Waals surface area contributed by atoms with E-state index in [1.807, 2.05) is 0 Å². The van der Waals surface area contributed by atoms with E-state index in [0.717, 1.165) is 0 Å². The third-order valence-electron chi connectivity index (χ3n) is 3.75. The smallest absolute Gasteiger partial charge is 0.350 e. The summed E-state index contributed by atoms with van der Waals surface area (Å²) < 4.78 is 186. The third kappa shape index (κ3) is 6.25. The van der Waals surface area contributed by atoms with Gasteiger partial charge in [0.1, 0.15) is 13.2 Å². The van der Waals surface area contributed by atoms with Crippen molar-refractivity contribution < 1.29 is 76.0 Å². The summed E-state index contributed by atoms with van der Waals surface area (Å²) >= 11 is 0.